The molecule has 2 nitrogen and oxygen atoms in total. The van der Waals surface area contributed by atoms with E-state index in [9.17, 15) is 0 Å². The molecule has 0 amide bonds. The maximum Gasteiger partial charge on any atom is 0.0480 e. The number of rotatable bonds is 4. The van der Waals surface area contributed by atoms with Crippen molar-refractivity contribution in [2.24, 2.45) is 7.05 Å². The van der Waals surface area contributed by atoms with Crippen LogP contribution < -0.4 is 5.32 Å². The van der Waals surface area contributed by atoms with Crippen molar-refractivity contribution in [3.8, 4) is 0 Å². The number of benzene rings is 1. The summed E-state index contributed by atoms with van der Waals surface area (Å²) < 4.78 is 2.17. The number of hydrogen-bond acceptors (Lipinski definition) is 1. The molecule has 0 bridgehead atoms. The van der Waals surface area contributed by atoms with Crippen molar-refractivity contribution in [2.45, 2.75) is 19.9 Å². The smallest absolute Gasteiger partial charge is 0.0480 e. The molecule has 0 aliphatic rings. The summed E-state index contributed by atoms with van der Waals surface area (Å²) in [6.45, 7) is 4.24. The van der Waals surface area contributed by atoms with Gasteiger partial charge in [0.25, 0.3) is 0 Å². The molecule has 80 valence electrons. The van der Waals surface area contributed by atoms with Gasteiger partial charge in [-0.25, -0.2) is 0 Å². The van der Waals surface area contributed by atoms with Gasteiger partial charge >= 0.3 is 0 Å². The topological polar surface area (TPSA) is 17.0 Å². The number of nitrogens with one attached hydrogen (secondary N) is 1. The minimum Gasteiger partial charge on any atom is -0.351 e. The number of nitrogens with zero attached hydrogens (tertiary/aromatic N) is 1. The van der Waals surface area contributed by atoms with Crippen LogP contribution >= 0.6 is 0 Å². The van der Waals surface area contributed by atoms with Gasteiger partial charge in [-0.2, -0.15) is 0 Å². The summed E-state index contributed by atoms with van der Waals surface area (Å²) in [5, 5.41) is 4.73. The van der Waals surface area contributed by atoms with E-state index in [0.29, 0.717) is 0 Å². The van der Waals surface area contributed by atoms with Gasteiger partial charge in [-0.3, -0.25) is 0 Å². The highest BCUT2D eigenvalue weighted by molar-refractivity contribution is 5.80. The van der Waals surface area contributed by atoms with E-state index in [0.717, 1.165) is 13.1 Å². The average molecular weight is 202 g/mol. The van der Waals surface area contributed by atoms with Gasteiger partial charge in [-0.15, -0.1) is 0 Å². The highest BCUT2D eigenvalue weighted by Gasteiger charge is 1.99. The summed E-state index contributed by atoms with van der Waals surface area (Å²) in [5.74, 6) is 0. The van der Waals surface area contributed by atoms with Crippen LogP contribution in [0.2, 0.25) is 0 Å². The van der Waals surface area contributed by atoms with Crippen LogP contribution in [0.4, 0.5) is 0 Å². The van der Waals surface area contributed by atoms with Crippen LogP contribution in [0.5, 0.6) is 0 Å². The fourth-order valence-corrected chi connectivity index (χ4v) is 1.83. The van der Waals surface area contributed by atoms with Crippen LogP contribution in [0.15, 0.2) is 30.5 Å². The molecule has 1 aromatic carbocycles. The van der Waals surface area contributed by atoms with Gasteiger partial charge in [0, 0.05) is 25.3 Å². The van der Waals surface area contributed by atoms with E-state index in [1.165, 1.54) is 22.9 Å². The Morgan fingerprint density at radius 2 is 2.13 bits per heavy atom. The molecule has 2 heteroatoms. The van der Waals surface area contributed by atoms with E-state index < -0.39 is 0 Å². The van der Waals surface area contributed by atoms with Crippen LogP contribution in [-0.4, -0.2) is 11.1 Å². The van der Waals surface area contributed by atoms with Crippen molar-refractivity contribution < 1.29 is 0 Å². The third-order valence-electron chi connectivity index (χ3n) is 2.71. The number of hydrogen-bond donors (Lipinski definition) is 1. The van der Waals surface area contributed by atoms with E-state index >= 15 is 0 Å². The molecular formula is C13H18N2. The van der Waals surface area contributed by atoms with Gasteiger partial charge < -0.3 is 9.88 Å². The van der Waals surface area contributed by atoms with Crippen LogP contribution in [-0.2, 0) is 13.6 Å². The highest BCUT2D eigenvalue weighted by Crippen LogP contribution is 2.16. The molecular weight excluding hydrogens is 184 g/mol. The van der Waals surface area contributed by atoms with E-state index in [2.05, 4.69) is 54.3 Å². The molecule has 0 fully saturated rings. The van der Waals surface area contributed by atoms with Gasteiger partial charge in [0.05, 0.1) is 0 Å². The minimum atomic E-state index is 0.967. The summed E-state index contributed by atoms with van der Waals surface area (Å²) in [6, 6.07) is 8.81. The van der Waals surface area contributed by atoms with Gasteiger partial charge in [0.2, 0.25) is 0 Å². The molecule has 0 radical (unpaired) electrons. The molecule has 0 saturated heterocycles. The molecule has 15 heavy (non-hydrogen) atoms. The van der Waals surface area contributed by atoms with Gasteiger partial charge in [0.1, 0.15) is 0 Å². The largest absolute Gasteiger partial charge is 0.351 e. The fraction of sp³-hybridized carbons (Fsp3) is 0.385. The van der Waals surface area contributed by atoms with Crippen LogP contribution in [0, 0.1) is 0 Å². The summed E-state index contributed by atoms with van der Waals surface area (Å²) >= 11 is 0. The summed E-state index contributed by atoms with van der Waals surface area (Å²) in [7, 11) is 2.09. The van der Waals surface area contributed by atoms with Gasteiger partial charge in [-0.1, -0.05) is 19.1 Å². The monoisotopic (exact) mass is 202 g/mol. The molecule has 1 N–H and O–H groups in total. The van der Waals surface area contributed by atoms with Crippen molar-refractivity contribution in [1.82, 2.24) is 9.88 Å². The van der Waals surface area contributed by atoms with Gasteiger partial charge in [0.15, 0.2) is 0 Å². The minimum absolute atomic E-state index is 0.967. The third kappa shape index (κ3) is 2.21. The first-order valence-electron chi connectivity index (χ1n) is 5.56. The Morgan fingerprint density at radius 1 is 1.27 bits per heavy atom. The predicted molar refractivity (Wildman–Crippen MR) is 64.9 cm³/mol. The number of fused-ring (bicyclic) bond motifs is 1. The quantitative estimate of drug-likeness (QED) is 0.754. The maximum atomic E-state index is 3.42. The van der Waals surface area contributed by atoms with E-state index in [1.807, 2.05) is 0 Å². The standard InChI is InChI=1S/C13H18N2/c1-3-7-14-10-11-4-5-12-6-8-15(2)13(12)9-11/h4-6,8-9,14H,3,7,10H2,1-2H3. The van der Waals surface area contributed by atoms with Crippen molar-refractivity contribution in [3.63, 3.8) is 0 Å². The molecule has 2 rings (SSSR count). The second-order valence-corrected chi connectivity index (χ2v) is 4.00. The first kappa shape index (κ1) is 10.2. The van der Waals surface area contributed by atoms with E-state index in [-0.39, 0.29) is 0 Å². The molecule has 0 saturated carbocycles. The van der Waals surface area contributed by atoms with Crippen molar-refractivity contribution in [2.75, 3.05) is 6.54 Å². The fourth-order valence-electron chi connectivity index (χ4n) is 1.83. The second-order valence-electron chi connectivity index (χ2n) is 4.00. The summed E-state index contributed by atoms with van der Waals surface area (Å²) in [6.07, 6.45) is 3.29. The first-order chi connectivity index (χ1) is 7.31. The molecule has 0 aliphatic heterocycles. The Hall–Kier alpha value is -1.28. The summed E-state index contributed by atoms with van der Waals surface area (Å²) in [4.78, 5) is 0. The predicted octanol–water partition coefficient (Wildman–Crippen LogP) is 2.68. The summed E-state index contributed by atoms with van der Waals surface area (Å²) in [5.41, 5.74) is 2.67. The third-order valence-corrected chi connectivity index (χ3v) is 2.71. The van der Waals surface area contributed by atoms with Crippen LogP contribution in [0.1, 0.15) is 18.9 Å². The Bertz CT molecular complexity index is 443. The molecule has 1 heterocycles. The Balaban J connectivity index is 2.18. The first-order valence-corrected chi connectivity index (χ1v) is 5.56. The Labute approximate surface area is 90.9 Å². The lowest BCUT2D eigenvalue weighted by Crippen LogP contribution is -2.13. The highest BCUT2D eigenvalue weighted by atomic mass is 14.9. The molecule has 0 aliphatic carbocycles. The van der Waals surface area contributed by atoms with Gasteiger partial charge in [-0.05, 0) is 36.0 Å². The number of aromatic nitrogens is 1. The molecule has 0 spiro atoms. The van der Waals surface area contributed by atoms with Crippen molar-refractivity contribution in [1.29, 1.82) is 0 Å². The van der Waals surface area contributed by atoms with Crippen LogP contribution in [0.3, 0.4) is 0 Å². The Morgan fingerprint density at radius 3 is 2.93 bits per heavy atom. The lowest BCUT2D eigenvalue weighted by atomic mass is 10.1. The molecule has 0 atom stereocenters. The number of aryl methyl sites for hydroxylation is 1. The lowest BCUT2D eigenvalue weighted by Gasteiger charge is -2.04. The lowest BCUT2D eigenvalue weighted by molar-refractivity contribution is 0.676. The zero-order valence-electron chi connectivity index (χ0n) is 9.46. The van der Waals surface area contributed by atoms with Crippen molar-refractivity contribution in [3.05, 3.63) is 36.0 Å². The van der Waals surface area contributed by atoms with Crippen LogP contribution in [0.25, 0.3) is 10.9 Å². The zero-order valence-corrected chi connectivity index (χ0v) is 9.46. The van der Waals surface area contributed by atoms with E-state index in [4.69, 9.17) is 0 Å². The molecule has 2 aromatic rings. The average Bonchev–Trinajstić information content (AvgIpc) is 2.61. The second kappa shape index (κ2) is 4.49. The molecule has 0 unspecified atom stereocenters. The Kier molecular flexibility index (Phi) is 3.07. The maximum absolute atomic E-state index is 3.42. The van der Waals surface area contributed by atoms with Crippen molar-refractivity contribution >= 4 is 10.9 Å². The normalized spacial score (nSPS) is 11.1. The molecule has 1 aromatic heterocycles. The SMILES string of the molecule is CCCNCc1ccc2ccn(C)c2c1. The van der Waals surface area contributed by atoms with E-state index in [1.54, 1.807) is 0 Å². The zero-order chi connectivity index (χ0) is 10.7.